The molecule has 1 unspecified atom stereocenters. The van der Waals surface area contributed by atoms with Gasteiger partial charge in [0.25, 0.3) is 0 Å². The SMILES string of the molecule is CC(=O)N[C@H]1[C@H](Oc2ccc(P(c3ccccc3)c3ccc(O)cc3)cc2)O[C@H](COC(C)=O)[C@@H](OC(C)=O)[C@@H]1OC(C)=O. The number of hydrogen-bond acceptors (Lipinski definition) is 10. The number of benzene rings is 3. The van der Waals surface area contributed by atoms with Crippen LogP contribution in [-0.2, 0) is 38.1 Å². The van der Waals surface area contributed by atoms with Crippen molar-refractivity contribution in [2.75, 3.05) is 6.61 Å². The molecule has 1 aliphatic heterocycles. The number of ether oxygens (including phenoxy) is 5. The molecule has 1 amide bonds. The van der Waals surface area contributed by atoms with Gasteiger partial charge < -0.3 is 34.1 Å². The van der Waals surface area contributed by atoms with E-state index in [9.17, 15) is 24.3 Å². The predicted octanol–water partition coefficient (Wildman–Crippen LogP) is 2.19. The van der Waals surface area contributed by atoms with E-state index >= 15 is 0 Å². The van der Waals surface area contributed by atoms with Gasteiger partial charge in [-0.3, -0.25) is 19.2 Å². The lowest BCUT2D eigenvalue weighted by Gasteiger charge is -2.44. The molecule has 6 atom stereocenters. The minimum absolute atomic E-state index is 0.178. The summed E-state index contributed by atoms with van der Waals surface area (Å²) in [5, 5.41) is 15.7. The van der Waals surface area contributed by atoms with Gasteiger partial charge in [0.2, 0.25) is 12.2 Å². The van der Waals surface area contributed by atoms with E-state index in [1.165, 1.54) is 27.7 Å². The van der Waals surface area contributed by atoms with Crippen LogP contribution in [0.3, 0.4) is 0 Å². The van der Waals surface area contributed by atoms with Crippen LogP contribution in [0.4, 0.5) is 0 Å². The fraction of sp³-hybridized carbons (Fsp3) is 0.312. The number of aromatic hydroxyl groups is 1. The number of esters is 3. The summed E-state index contributed by atoms with van der Waals surface area (Å²) in [4.78, 5) is 47.9. The summed E-state index contributed by atoms with van der Waals surface area (Å²) >= 11 is 0. The van der Waals surface area contributed by atoms with Gasteiger partial charge in [0.1, 0.15) is 30.3 Å². The van der Waals surface area contributed by atoms with Crippen molar-refractivity contribution in [3.05, 3.63) is 78.9 Å². The van der Waals surface area contributed by atoms with Crippen LogP contribution in [0.15, 0.2) is 78.9 Å². The van der Waals surface area contributed by atoms with Crippen LogP contribution in [0.25, 0.3) is 0 Å². The van der Waals surface area contributed by atoms with E-state index in [-0.39, 0.29) is 12.4 Å². The second-order valence-corrected chi connectivity index (χ2v) is 12.2. The van der Waals surface area contributed by atoms with E-state index in [0.717, 1.165) is 15.9 Å². The van der Waals surface area contributed by atoms with Crippen LogP contribution >= 0.6 is 7.92 Å². The predicted molar refractivity (Wildman–Crippen MR) is 161 cm³/mol. The molecular formula is C32H34NO10P. The molecule has 0 saturated carbocycles. The Kier molecular flexibility index (Phi) is 10.9. The molecule has 12 heteroatoms. The monoisotopic (exact) mass is 623 g/mol. The van der Waals surface area contributed by atoms with Crippen molar-refractivity contribution in [2.24, 2.45) is 0 Å². The van der Waals surface area contributed by atoms with Gasteiger partial charge in [0.15, 0.2) is 12.2 Å². The maximum atomic E-state index is 12.2. The standard InChI is InChI=1S/C32H34NO10P/c1-19(34)33-29-31(41-22(4)37)30(40-21(3)36)28(18-39-20(2)35)43-32(29)42-24-12-16-27(17-13-24)44(25-8-6-5-7-9-25)26-14-10-23(38)11-15-26/h5-17,28-32,38H,18H2,1-4H3,(H,33,34)/t28-,29-,30-,31-,32-,44?/m1/s1. The molecule has 11 nitrogen and oxygen atoms in total. The first-order valence-electron chi connectivity index (χ1n) is 13.8. The van der Waals surface area contributed by atoms with Gasteiger partial charge in [-0.2, -0.15) is 0 Å². The third kappa shape index (κ3) is 8.55. The van der Waals surface area contributed by atoms with Crippen molar-refractivity contribution >= 4 is 47.7 Å². The highest BCUT2D eigenvalue weighted by molar-refractivity contribution is 7.79. The summed E-state index contributed by atoms with van der Waals surface area (Å²) in [7, 11) is -0.970. The van der Waals surface area contributed by atoms with Crippen molar-refractivity contribution in [1.29, 1.82) is 0 Å². The average molecular weight is 624 g/mol. The quantitative estimate of drug-likeness (QED) is 0.196. The largest absolute Gasteiger partial charge is 0.508 e. The summed E-state index contributed by atoms with van der Waals surface area (Å²) in [5.41, 5.74) is 0. The third-order valence-corrected chi connectivity index (χ3v) is 8.98. The zero-order valence-corrected chi connectivity index (χ0v) is 25.6. The van der Waals surface area contributed by atoms with E-state index in [1.807, 2.05) is 42.5 Å². The van der Waals surface area contributed by atoms with Crippen molar-refractivity contribution in [3.8, 4) is 11.5 Å². The van der Waals surface area contributed by atoms with E-state index in [4.69, 9.17) is 23.7 Å². The Morgan fingerprint density at radius 3 is 1.84 bits per heavy atom. The molecule has 1 saturated heterocycles. The molecule has 44 heavy (non-hydrogen) atoms. The van der Waals surface area contributed by atoms with Gasteiger partial charge in [0.05, 0.1) is 0 Å². The summed E-state index contributed by atoms with van der Waals surface area (Å²) in [5.74, 6) is -1.90. The lowest BCUT2D eigenvalue weighted by atomic mass is 9.96. The maximum absolute atomic E-state index is 12.2. The minimum Gasteiger partial charge on any atom is -0.508 e. The molecule has 0 aliphatic carbocycles. The van der Waals surface area contributed by atoms with Gasteiger partial charge in [0, 0.05) is 27.7 Å². The third-order valence-electron chi connectivity index (χ3n) is 6.54. The van der Waals surface area contributed by atoms with Crippen LogP contribution in [-0.4, -0.2) is 66.2 Å². The van der Waals surface area contributed by atoms with Gasteiger partial charge in [-0.1, -0.05) is 54.6 Å². The zero-order valence-electron chi connectivity index (χ0n) is 24.7. The highest BCUT2D eigenvalue weighted by Gasteiger charge is 2.52. The van der Waals surface area contributed by atoms with E-state index in [0.29, 0.717) is 5.75 Å². The number of amides is 1. The van der Waals surface area contributed by atoms with Crippen LogP contribution < -0.4 is 26.0 Å². The van der Waals surface area contributed by atoms with Gasteiger partial charge in [-0.05, 0) is 48.1 Å². The first kappa shape index (κ1) is 32.4. The molecule has 0 spiro atoms. The summed E-state index contributed by atoms with van der Waals surface area (Å²) in [6.45, 7) is 4.52. The maximum Gasteiger partial charge on any atom is 0.303 e. The molecule has 1 aliphatic rings. The fourth-order valence-electron chi connectivity index (χ4n) is 4.83. The van der Waals surface area contributed by atoms with Gasteiger partial charge in [-0.25, -0.2) is 0 Å². The summed E-state index contributed by atoms with van der Waals surface area (Å²) in [6.07, 6.45) is -4.75. The highest BCUT2D eigenvalue weighted by atomic mass is 31.1. The number of rotatable bonds is 10. The highest BCUT2D eigenvalue weighted by Crippen LogP contribution is 2.34. The Morgan fingerprint density at radius 1 is 0.750 bits per heavy atom. The van der Waals surface area contributed by atoms with Crippen LogP contribution in [0.5, 0.6) is 11.5 Å². The molecule has 1 fully saturated rings. The molecule has 2 N–H and O–H groups in total. The number of phenolic OH excluding ortho intramolecular Hbond substituents is 1. The average Bonchev–Trinajstić information content (AvgIpc) is 2.97. The van der Waals surface area contributed by atoms with Crippen LogP contribution in [0, 0.1) is 0 Å². The van der Waals surface area contributed by atoms with Crippen molar-refractivity contribution < 1.29 is 48.0 Å². The molecule has 1 heterocycles. The number of hydrogen-bond donors (Lipinski definition) is 2. The van der Waals surface area contributed by atoms with Crippen molar-refractivity contribution in [1.82, 2.24) is 5.32 Å². The topological polar surface area (TPSA) is 147 Å². The van der Waals surface area contributed by atoms with E-state index in [2.05, 4.69) is 17.4 Å². The fourth-order valence-corrected chi connectivity index (χ4v) is 7.08. The molecule has 232 valence electrons. The molecule has 0 aromatic heterocycles. The van der Waals surface area contributed by atoms with E-state index < -0.39 is 62.4 Å². The first-order chi connectivity index (χ1) is 21.0. The minimum atomic E-state index is -1.23. The smallest absolute Gasteiger partial charge is 0.303 e. The van der Waals surface area contributed by atoms with Crippen LogP contribution in [0.1, 0.15) is 27.7 Å². The number of phenols is 1. The molecule has 4 rings (SSSR count). The van der Waals surface area contributed by atoms with Crippen molar-refractivity contribution in [2.45, 2.75) is 58.3 Å². The summed E-state index contributed by atoms with van der Waals surface area (Å²) < 4.78 is 28.4. The van der Waals surface area contributed by atoms with E-state index in [1.54, 1.807) is 24.3 Å². The number of nitrogens with one attached hydrogen (secondary N) is 1. The molecule has 3 aromatic carbocycles. The molecule has 0 bridgehead atoms. The molecular weight excluding hydrogens is 589 g/mol. The Bertz CT molecular complexity index is 1450. The van der Waals surface area contributed by atoms with Crippen LogP contribution in [0.2, 0.25) is 0 Å². The lowest BCUT2D eigenvalue weighted by molar-refractivity contribution is -0.257. The summed E-state index contributed by atoms with van der Waals surface area (Å²) in [6, 6.07) is 23.3. The second kappa shape index (κ2) is 14.8. The second-order valence-electron chi connectivity index (χ2n) is 10.0. The zero-order chi connectivity index (χ0) is 31.8. The Balaban J connectivity index is 1.67. The Labute approximate surface area is 256 Å². The number of carbonyl (C=O) groups excluding carboxylic acids is 4. The Morgan fingerprint density at radius 2 is 1.30 bits per heavy atom. The first-order valence-corrected chi connectivity index (χ1v) is 15.2. The van der Waals surface area contributed by atoms with Gasteiger partial charge >= 0.3 is 17.9 Å². The lowest BCUT2D eigenvalue weighted by Crippen LogP contribution is -2.67. The molecule has 3 aromatic rings. The molecule has 0 radical (unpaired) electrons. The normalized spacial score (nSPS) is 21.8. The van der Waals surface area contributed by atoms with Crippen molar-refractivity contribution in [3.63, 3.8) is 0 Å². The Hall–Kier alpha value is -4.47. The van der Waals surface area contributed by atoms with Gasteiger partial charge in [-0.15, -0.1) is 0 Å². The number of carbonyl (C=O) groups is 4.